The van der Waals surface area contributed by atoms with Crippen LogP contribution in [0.3, 0.4) is 0 Å². The van der Waals surface area contributed by atoms with Crippen molar-refractivity contribution >= 4 is 38.7 Å². The number of aromatic nitrogens is 2. The fourth-order valence-electron chi connectivity index (χ4n) is 2.66. The Kier molecular flexibility index (Phi) is 5.68. The maximum Gasteiger partial charge on any atom is 0.238 e. The monoisotopic (exact) mass is 447 g/mol. The average molecular weight is 448 g/mol. The molecule has 0 radical (unpaired) electrons. The largest absolute Gasteiger partial charge is 0.399 e. The second-order valence-corrected chi connectivity index (χ2v) is 9.14. The van der Waals surface area contributed by atoms with Gasteiger partial charge >= 0.3 is 0 Å². The molecule has 31 heavy (non-hydrogen) atoms. The Morgan fingerprint density at radius 1 is 0.903 bits per heavy atom. The van der Waals surface area contributed by atoms with E-state index in [9.17, 15) is 8.42 Å². The van der Waals surface area contributed by atoms with Crippen LogP contribution in [0, 0.1) is 11.8 Å². The number of hydrogen-bond donors (Lipinski definition) is 3. The van der Waals surface area contributed by atoms with Crippen LogP contribution < -0.4 is 16.2 Å². The molecule has 0 bridgehead atoms. The molecule has 7 nitrogen and oxygen atoms in total. The van der Waals surface area contributed by atoms with E-state index in [2.05, 4.69) is 27.1 Å². The van der Waals surface area contributed by atoms with Crippen molar-refractivity contribution in [3.05, 3.63) is 83.4 Å². The number of nitrogen functional groups attached to an aromatic ring is 1. The van der Waals surface area contributed by atoms with Crippen molar-refractivity contribution < 1.29 is 8.42 Å². The van der Waals surface area contributed by atoms with E-state index in [0.29, 0.717) is 17.3 Å². The van der Waals surface area contributed by atoms with Crippen molar-refractivity contribution in [3.63, 3.8) is 0 Å². The van der Waals surface area contributed by atoms with Crippen LogP contribution in [0.5, 0.6) is 0 Å². The van der Waals surface area contributed by atoms with Crippen LogP contribution in [0.25, 0.3) is 10.6 Å². The van der Waals surface area contributed by atoms with Gasteiger partial charge in [0.05, 0.1) is 20.3 Å². The molecule has 0 atom stereocenters. The number of benzene rings is 2. The van der Waals surface area contributed by atoms with Gasteiger partial charge in [-0.2, -0.15) is 0 Å². The molecule has 5 N–H and O–H groups in total. The van der Waals surface area contributed by atoms with Crippen molar-refractivity contribution in [2.45, 2.75) is 4.90 Å². The van der Waals surface area contributed by atoms with E-state index in [0.717, 1.165) is 21.0 Å². The van der Waals surface area contributed by atoms with Crippen molar-refractivity contribution in [3.8, 4) is 22.4 Å². The van der Waals surface area contributed by atoms with Gasteiger partial charge in [-0.15, -0.1) is 11.3 Å². The molecule has 2 heterocycles. The van der Waals surface area contributed by atoms with Crippen LogP contribution >= 0.6 is 11.3 Å². The molecule has 0 spiro atoms. The van der Waals surface area contributed by atoms with Gasteiger partial charge < -0.3 is 11.1 Å². The molecule has 2 aromatic carbocycles. The van der Waals surface area contributed by atoms with Gasteiger partial charge in [0.1, 0.15) is 0 Å². The zero-order valence-corrected chi connectivity index (χ0v) is 17.7. The van der Waals surface area contributed by atoms with Crippen LogP contribution in [0.4, 0.5) is 17.3 Å². The van der Waals surface area contributed by atoms with Gasteiger partial charge in [0.25, 0.3) is 0 Å². The molecule has 2 aromatic heterocycles. The summed E-state index contributed by atoms with van der Waals surface area (Å²) in [6.45, 7) is 0. The molecule has 0 saturated carbocycles. The zero-order valence-electron chi connectivity index (χ0n) is 16.1. The first-order valence-electron chi connectivity index (χ1n) is 9.07. The van der Waals surface area contributed by atoms with Crippen LogP contribution in [0.2, 0.25) is 0 Å². The summed E-state index contributed by atoms with van der Waals surface area (Å²) in [7, 11) is -3.73. The van der Waals surface area contributed by atoms with Gasteiger partial charge in [0.2, 0.25) is 16.0 Å². The van der Waals surface area contributed by atoms with Gasteiger partial charge in [-0.05, 0) is 66.7 Å². The van der Waals surface area contributed by atoms with Crippen LogP contribution in [0.15, 0.2) is 77.8 Å². The lowest BCUT2D eigenvalue weighted by Crippen LogP contribution is -2.11. The Morgan fingerprint density at radius 3 is 2.35 bits per heavy atom. The molecule has 9 heteroatoms. The highest BCUT2D eigenvalue weighted by Crippen LogP contribution is 2.27. The molecule has 154 valence electrons. The molecular formula is C22H17N5O2S2. The minimum absolute atomic E-state index is 0.0407. The third-order valence-corrected chi connectivity index (χ3v) is 6.15. The first-order chi connectivity index (χ1) is 14.9. The molecule has 0 aliphatic heterocycles. The van der Waals surface area contributed by atoms with Gasteiger partial charge in [-0.3, -0.25) is 0 Å². The first-order valence-corrected chi connectivity index (χ1v) is 11.4. The van der Waals surface area contributed by atoms with Crippen LogP contribution in [-0.4, -0.2) is 18.4 Å². The average Bonchev–Trinajstić information content (AvgIpc) is 3.22. The third-order valence-electron chi connectivity index (χ3n) is 4.19. The van der Waals surface area contributed by atoms with E-state index in [-0.39, 0.29) is 4.90 Å². The molecule has 0 saturated heterocycles. The summed E-state index contributed by atoms with van der Waals surface area (Å²) in [4.78, 5) is 10.7. The summed E-state index contributed by atoms with van der Waals surface area (Å²) in [5.41, 5.74) is 8.69. The molecule has 0 aliphatic rings. The Balaban J connectivity index is 1.51. The Morgan fingerprint density at radius 2 is 1.65 bits per heavy atom. The third kappa shape index (κ3) is 5.26. The molecule has 4 rings (SSSR count). The van der Waals surface area contributed by atoms with E-state index in [1.165, 1.54) is 23.5 Å². The first kappa shape index (κ1) is 20.6. The lowest BCUT2D eigenvalue weighted by atomic mass is 10.2. The Labute approximate surface area is 183 Å². The minimum atomic E-state index is -3.73. The van der Waals surface area contributed by atoms with Gasteiger partial charge in [-0.1, -0.05) is 11.8 Å². The van der Waals surface area contributed by atoms with Crippen LogP contribution in [-0.2, 0) is 10.0 Å². The highest BCUT2D eigenvalue weighted by atomic mass is 32.2. The summed E-state index contributed by atoms with van der Waals surface area (Å²) >= 11 is 1.53. The second kappa shape index (κ2) is 8.57. The molecule has 0 unspecified atom stereocenters. The molecule has 0 fully saturated rings. The standard InChI is InChI=1S/C22H17N5O2S2/c23-16-4-1-15(2-5-16)3-8-18-9-12-21(30-18)20-13-14-25-22(27-20)26-17-6-10-19(11-7-17)31(24,28)29/h1-2,4-7,9-14H,23H2,(H2,24,28,29)(H,25,26,27). The lowest BCUT2D eigenvalue weighted by molar-refractivity contribution is 0.598. The van der Waals surface area contributed by atoms with E-state index in [1.54, 1.807) is 18.3 Å². The van der Waals surface area contributed by atoms with Gasteiger partial charge in [0, 0.05) is 23.1 Å². The lowest BCUT2D eigenvalue weighted by Gasteiger charge is -2.06. The minimum Gasteiger partial charge on any atom is -0.399 e. The Bertz CT molecular complexity index is 1380. The van der Waals surface area contributed by atoms with Gasteiger partial charge in [-0.25, -0.2) is 23.5 Å². The summed E-state index contributed by atoms with van der Waals surface area (Å²) < 4.78 is 22.7. The molecular weight excluding hydrogens is 430 g/mol. The fourth-order valence-corrected chi connectivity index (χ4v) is 4.00. The Hall–Kier alpha value is -3.71. The van der Waals surface area contributed by atoms with Gasteiger partial charge in [0.15, 0.2) is 0 Å². The highest BCUT2D eigenvalue weighted by molar-refractivity contribution is 7.89. The van der Waals surface area contributed by atoms with E-state index in [4.69, 9.17) is 10.9 Å². The normalized spacial score (nSPS) is 10.9. The SMILES string of the molecule is Nc1ccc(C#Cc2ccc(-c3ccnc(Nc4ccc(S(N)(=O)=O)cc4)n3)s2)cc1. The van der Waals surface area contributed by atoms with Crippen LogP contribution in [0.1, 0.15) is 10.4 Å². The van der Waals surface area contributed by atoms with Crippen molar-refractivity contribution in [1.29, 1.82) is 0 Å². The summed E-state index contributed by atoms with van der Waals surface area (Å²) in [6.07, 6.45) is 1.66. The number of thiophene rings is 1. The van der Waals surface area contributed by atoms with Crippen molar-refractivity contribution in [1.82, 2.24) is 9.97 Å². The van der Waals surface area contributed by atoms with Crippen molar-refractivity contribution in [2.24, 2.45) is 5.14 Å². The number of nitrogens with two attached hydrogens (primary N) is 2. The maximum absolute atomic E-state index is 11.4. The summed E-state index contributed by atoms with van der Waals surface area (Å²) in [5.74, 6) is 6.66. The zero-order chi connectivity index (χ0) is 21.8. The smallest absolute Gasteiger partial charge is 0.238 e. The molecule has 0 aliphatic carbocycles. The molecule has 0 amide bonds. The predicted molar refractivity (Wildman–Crippen MR) is 123 cm³/mol. The van der Waals surface area contributed by atoms with E-state index < -0.39 is 10.0 Å². The molecule has 4 aromatic rings. The van der Waals surface area contributed by atoms with Crippen molar-refractivity contribution in [2.75, 3.05) is 11.1 Å². The summed E-state index contributed by atoms with van der Waals surface area (Å²) in [6, 6.07) is 19.2. The number of hydrogen-bond acceptors (Lipinski definition) is 7. The maximum atomic E-state index is 11.4. The number of nitrogens with zero attached hydrogens (tertiary/aromatic N) is 2. The van der Waals surface area contributed by atoms with E-state index in [1.807, 2.05) is 42.5 Å². The number of nitrogens with one attached hydrogen (secondary N) is 1. The summed E-state index contributed by atoms with van der Waals surface area (Å²) in [5, 5.41) is 8.18. The second-order valence-electron chi connectivity index (χ2n) is 6.50. The number of anilines is 3. The number of sulfonamides is 1. The topological polar surface area (TPSA) is 124 Å². The fraction of sp³-hybridized carbons (Fsp3) is 0. The number of primary sulfonamides is 1. The number of rotatable bonds is 4. The quantitative estimate of drug-likeness (QED) is 0.324. The predicted octanol–water partition coefficient (Wildman–Crippen LogP) is 3.58. The van der Waals surface area contributed by atoms with E-state index >= 15 is 0 Å². The highest BCUT2D eigenvalue weighted by Gasteiger charge is 2.08.